The maximum atomic E-state index is 2.29. The smallest absolute Gasteiger partial charge is 0.0462 e. The van der Waals surface area contributed by atoms with Gasteiger partial charge in [-0.2, -0.15) is 0 Å². The van der Waals surface area contributed by atoms with Gasteiger partial charge in [-0.05, 0) is 82.3 Å². The molecule has 1 heteroatoms. The third-order valence-electron chi connectivity index (χ3n) is 7.80. The van der Waals surface area contributed by atoms with Crippen LogP contribution in [0, 0.1) is 0 Å². The van der Waals surface area contributed by atoms with Crippen LogP contribution < -0.4 is 4.90 Å². The number of hydrogen-bond acceptors (Lipinski definition) is 1. The average molecular weight is 592 g/mol. The Morgan fingerprint density at radius 2 is 0.761 bits per heavy atom. The largest absolute Gasteiger partial charge is 0.311 e. The van der Waals surface area contributed by atoms with Gasteiger partial charge in [0.25, 0.3) is 0 Å². The molecule has 0 aromatic heterocycles. The molecule has 46 heavy (non-hydrogen) atoms. The van der Waals surface area contributed by atoms with Crippen molar-refractivity contribution >= 4 is 46.9 Å². The minimum Gasteiger partial charge on any atom is -0.311 e. The number of nitrogens with zero attached hydrogens (tertiary/aromatic N) is 1. The summed E-state index contributed by atoms with van der Waals surface area (Å²) in [5.74, 6) is 0. The predicted octanol–water partition coefficient (Wildman–Crippen LogP) is 12.5. The van der Waals surface area contributed by atoms with Crippen LogP contribution in [-0.2, 0) is 0 Å². The van der Waals surface area contributed by atoms with Crippen molar-refractivity contribution in [3.05, 3.63) is 215 Å². The molecule has 0 unspecified atom stereocenters. The van der Waals surface area contributed by atoms with Crippen LogP contribution in [0.15, 0.2) is 182 Å². The standard InChI is InChI=1S/C45H37N/c1-2-13-36-28-32-43(33-29-36)46(42-19-10-5-11-20-42)44-34-30-39(31-35-44)27-26-38-24-22-37(23-25-38)14-12-21-45(40-15-6-3-7-16-40)41-17-8-4-9-18-41/h2-35H,1H3/b13-2-,14-12+,27-26-. The molecule has 0 atom stereocenters. The average Bonchev–Trinajstić information content (AvgIpc) is 3.12. The maximum Gasteiger partial charge on any atom is 0.0462 e. The first-order valence-electron chi connectivity index (χ1n) is 15.7. The van der Waals surface area contributed by atoms with E-state index in [1.54, 1.807) is 0 Å². The van der Waals surface area contributed by atoms with Gasteiger partial charge >= 0.3 is 0 Å². The summed E-state index contributed by atoms with van der Waals surface area (Å²) >= 11 is 0. The van der Waals surface area contributed by atoms with Crippen molar-refractivity contribution in [2.75, 3.05) is 4.90 Å². The van der Waals surface area contributed by atoms with E-state index in [0.717, 1.165) is 33.8 Å². The first-order chi connectivity index (χ1) is 22.8. The summed E-state index contributed by atoms with van der Waals surface area (Å²) in [5.41, 5.74) is 11.7. The van der Waals surface area contributed by atoms with Crippen LogP contribution in [0.25, 0.3) is 29.9 Å². The molecular formula is C45H37N. The molecule has 0 heterocycles. The Bertz CT molecular complexity index is 1890. The minimum atomic E-state index is 1.12. The minimum absolute atomic E-state index is 1.12. The number of anilines is 3. The fraction of sp³-hybridized carbons (Fsp3) is 0.0222. The first-order valence-corrected chi connectivity index (χ1v) is 15.7. The quantitative estimate of drug-likeness (QED) is 0.113. The van der Waals surface area contributed by atoms with E-state index in [9.17, 15) is 0 Å². The highest BCUT2D eigenvalue weighted by Gasteiger charge is 2.12. The molecule has 6 aromatic rings. The maximum absolute atomic E-state index is 2.29. The molecule has 0 amide bonds. The summed E-state index contributed by atoms with van der Waals surface area (Å²) in [7, 11) is 0. The molecule has 0 radical (unpaired) electrons. The Kier molecular flexibility index (Phi) is 9.95. The monoisotopic (exact) mass is 591 g/mol. The van der Waals surface area contributed by atoms with E-state index < -0.39 is 0 Å². The second-order valence-electron chi connectivity index (χ2n) is 11.0. The Morgan fingerprint density at radius 1 is 0.391 bits per heavy atom. The lowest BCUT2D eigenvalue weighted by atomic mass is 9.97. The highest BCUT2D eigenvalue weighted by atomic mass is 15.1. The van der Waals surface area contributed by atoms with E-state index >= 15 is 0 Å². The lowest BCUT2D eigenvalue weighted by Gasteiger charge is -2.25. The van der Waals surface area contributed by atoms with Gasteiger partial charge in [-0.15, -0.1) is 0 Å². The third kappa shape index (κ3) is 7.77. The Balaban J connectivity index is 1.16. The van der Waals surface area contributed by atoms with E-state index in [0.29, 0.717) is 0 Å². The molecule has 0 aliphatic heterocycles. The molecule has 0 spiro atoms. The zero-order chi connectivity index (χ0) is 31.4. The van der Waals surface area contributed by atoms with Gasteiger partial charge in [0.1, 0.15) is 0 Å². The van der Waals surface area contributed by atoms with Crippen molar-refractivity contribution in [2.45, 2.75) is 6.92 Å². The fourth-order valence-corrected chi connectivity index (χ4v) is 5.45. The Hall–Kier alpha value is -5.92. The van der Waals surface area contributed by atoms with Crippen LogP contribution in [0.4, 0.5) is 17.1 Å². The van der Waals surface area contributed by atoms with Gasteiger partial charge in [0.05, 0.1) is 0 Å². The number of benzene rings is 6. The molecule has 0 fully saturated rings. The molecule has 0 aliphatic carbocycles. The zero-order valence-corrected chi connectivity index (χ0v) is 26.1. The second kappa shape index (κ2) is 15.2. The molecule has 0 aliphatic rings. The van der Waals surface area contributed by atoms with Crippen LogP contribution in [0.2, 0.25) is 0 Å². The lowest BCUT2D eigenvalue weighted by Crippen LogP contribution is -2.09. The summed E-state index contributed by atoms with van der Waals surface area (Å²) in [6, 6.07) is 57.6. The number of allylic oxidation sites excluding steroid dienone is 3. The SMILES string of the molecule is C/C=C\c1ccc(N(c2ccccc2)c2ccc(/C=C\c3ccc(/C=C/C=C(c4ccccc4)c4ccccc4)cc3)cc2)cc1. The zero-order valence-electron chi connectivity index (χ0n) is 26.1. The van der Waals surface area contributed by atoms with E-state index in [-0.39, 0.29) is 0 Å². The van der Waals surface area contributed by atoms with Crippen LogP contribution in [-0.4, -0.2) is 0 Å². The van der Waals surface area contributed by atoms with Gasteiger partial charge in [-0.25, -0.2) is 0 Å². The second-order valence-corrected chi connectivity index (χ2v) is 11.0. The van der Waals surface area contributed by atoms with E-state index in [1.165, 1.54) is 22.3 Å². The molecule has 0 N–H and O–H groups in total. The third-order valence-corrected chi connectivity index (χ3v) is 7.80. The van der Waals surface area contributed by atoms with Gasteiger partial charge in [-0.1, -0.05) is 170 Å². The van der Waals surface area contributed by atoms with E-state index in [4.69, 9.17) is 0 Å². The van der Waals surface area contributed by atoms with Gasteiger partial charge < -0.3 is 4.90 Å². The highest BCUT2D eigenvalue weighted by molar-refractivity contribution is 5.82. The Morgan fingerprint density at radius 3 is 1.22 bits per heavy atom. The topological polar surface area (TPSA) is 3.24 Å². The normalized spacial score (nSPS) is 11.3. The molecule has 6 rings (SSSR count). The van der Waals surface area contributed by atoms with Crippen LogP contribution in [0.1, 0.15) is 40.3 Å². The molecule has 0 saturated carbocycles. The van der Waals surface area contributed by atoms with E-state index in [1.807, 2.05) is 6.92 Å². The highest BCUT2D eigenvalue weighted by Crippen LogP contribution is 2.34. The van der Waals surface area contributed by atoms with Crippen LogP contribution >= 0.6 is 0 Å². The fourth-order valence-electron chi connectivity index (χ4n) is 5.45. The summed E-state index contributed by atoms with van der Waals surface area (Å²) in [4.78, 5) is 2.29. The number of para-hydroxylation sites is 1. The van der Waals surface area contributed by atoms with E-state index in [2.05, 4.69) is 211 Å². The number of rotatable bonds is 10. The molecule has 1 nitrogen and oxygen atoms in total. The lowest BCUT2D eigenvalue weighted by molar-refractivity contribution is 1.28. The molecular weight excluding hydrogens is 555 g/mol. The molecule has 0 bridgehead atoms. The van der Waals surface area contributed by atoms with Gasteiger partial charge in [0, 0.05) is 17.1 Å². The van der Waals surface area contributed by atoms with Crippen molar-refractivity contribution in [1.29, 1.82) is 0 Å². The van der Waals surface area contributed by atoms with Crippen molar-refractivity contribution in [3.63, 3.8) is 0 Å². The van der Waals surface area contributed by atoms with Gasteiger partial charge in [0.2, 0.25) is 0 Å². The molecule has 6 aromatic carbocycles. The van der Waals surface area contributed by atoms with Crippen LogP contribution in [0.5, 0.6) is 0 Å². The number of hydrogen-bond donors (Lipinski definition) is 0. The van der Waals surface area contributed by atoms with Crippen molar-refractivity contribution in [2.24, 2.45) is 0 Å². The van der Waals surface area contributed by atoms with Crippen LogP contribution in [0.3, 0.4) is 0 Å². The van der Waals surface area contributed by atoms with Crippen molar-refractivity contribution < 1.29 is 0 Å². The Labute approximate surface area is 273 Å². The predicted molar refractivity (Wildman–Crippen MR) is 200 cm³/mol. The first kappa shape index (κ1) is 30.1. The summed E-state index contributed by atoms with van der Waals surface area (Å²) in [6.07, 6.45) is 15.0. The van der Waals surface area contributed by atoms with Gasteiger partial charge in [-0.3, -0.25) is 0 Å². The van der Waals surface area contributed by atoms with Crippen molar-refractivity contribution in [3.8, 4) is 0 Å². The summed E-state index contributed by atoms with van der Waals surface area (Å²) < 4.78 is 0. The summed E-state index contributed by atoms with van der Waals surface area (Å²) in [6.45, 7) is 2.04. The summed E-state index contributed by atoms with van der Waals surface area (Å²) in [5, 5.41) is 0. The van der Waals surface area contributed by atoms with Gasteiger partial charge in [0.15, 0.2) is 0 Å². The molecule has 222 valence electrons. The van der Waals surface area contributed by atoms with Crippen molar-refractivity contribution in [1.82, 2.24) is 0 Å². The molecule has 0 saturated heterocycles.